The molecule has 4 unspecified atom stereocenters. The molecule has 0 aliphatic heterocycles. The first kappa shape index (κ1) is 16.5. The number of fused-ring (bicyclic) bond motifs is 2. The summed E-state index contributed by atoms with van der Waals surface area (Å²) in [7, 11) is 0.177. The Hall–Kier alpha value is -0.883. The number of carboxylic acids is 1. The Morgan fingerprint density at radius 3 is 2.43 bits per heavy atom. The number of nitrogens with one attached hydrogen (secondary N) is 1. The first-order chi connectivity index (χ1) is 9.85. The molecule has 0 heterocycles. The van der Waals surface area contributed by atoms with E-state index in [1.54, 1.807) is 7.11 Å². The highest BCUT2D eigenvalue weighted by molar-refractivity contribution is 6.71. The zero-order valence-corrected chi connectivity index (χ0v) is 14.2. The second-order valence-corrected chi connectivity index (χ2v) is 11.5. The molecule has 21 heavy (non-hydrogen) atoms. The number of carbonyl (C=O) groups excluding carboxylic acids is 1. The van der Waals surface area contributed by atoms with Gasteiger partial charge in [-0.3, -0.25) is 9.59 Å². The Labute approximate surface area is 127 Å². The molecule has 2 N–H and O–H groups in total. The summed E-state index contributed by atoms with van der Waals surface area (Å²) in [5.41, 5.74) is 0. The van der Waals surface area contributed by atoms with E-state index in [1.807, 2.05) is 0 Å². The Balaban J connectivity index is 1.82. The van der Waals surface area contributed by atoms with Crippen LogP contribution in [-0.2, 0) is 14.0 Å². The van der Waals surface area contributed by atoms with E-state index >= 15 is 0 Å². The molecule has 4 atom stereocenters. The van der Waals surface area contributed by atoms with Crippen molar-refractivity contribution >= 4 is 20.2 Å². The van der Waals surface area contributed by atoms with Gasteiger partial charge in [0.05, 0.1) is 11.8 Å². The second kappa shape index (κ2) is 6.48. The maximum absolute atomic E-state index is 12.3. The van der Waals surface area contributed by atoms with E-state index in [0.29, 0.717) is 6.54 Å². The normalized spacial score (nSPS) is 31.4. The van der Waals surface area contributed by atoms with E-state index in [1.165, 1.54) is 0 Å². The van der Waals surface area contributed by atoms with Crippen molar-refractivity contribution in [3.05, 3.63) is 0 Å². The number of carbonyl (C=O) groups is 2. The van der Waals surface area contributed by atoms with Gasteiger partial charge < -0.3 is 14.8 Å². The predicted molar refractivity (Wildman–Crippen MR) is 82.4 cm³/mol. The molecule has 120 valence electrons. The molecule has 2 aliphatic rings. The van der Waals surface area contributed by atoms with Crippen molar-refractivity contribution in [2.45, 2.75) is 44.8 Å². The molecule has 0 saturated heterocycles. The van der Waals surface area contributed by atoms with Gasteiger partial charge in [-0.05, 0) is 56.7 Å². The lowest BCUT2D eigenvalue weighted by atomic mass is 9.79. The zero-order chi connectivity index (χ0) is 15.6. The van der Waals surface area contributed by atoms with Gasteiger partial charge in [0.15, 0.2) is 8.32 Å². The van der Waals surface area contributed by atoms with Gasteiger partial charge >= 0.3 is 5.97 Å². The molecule has 1 amide bonds. The number of rotatable bonds is 7. The van der Waals surface area contributed by atoms with E-state index in [9.17, 15) is 14.7 Å². The molecular formula is C15H27NO4Si. The third-order valence-corrected chi connectivity index (χ3v) is 7.97. The van der Waals surface area contributed by atoms with Crippen molar-refractivity contribution < 1.29 is 19.1 Å². The van der Waals surface area contributed by atoms with Crippen LogP contribution in [0.25, 0.3) is 0 Å². The highest BCUT2D eigenvalue weighted by atomic mass is 28.4. The molecule has 2 rings (SSSR count). The van der Waals surface area contributed by atoms with E-state index in [2.05, 4.69) is 18.4 Å². The fourth-order valence-corrected chi connectivity index (χ4v) is 5.20. The van der Waals surface area contributed by atoms with Crippen LogP contribution in [0.2, 0.25) is 19.1 Å². The SMILES string of the molecule is CO[Si](C)(C)CCCNC(=O)C1C2CCC(C2)C1C(=O)O. The Morgan fingerprint density at radius 1 is 1.24 bits per heavy atom. The maximum atomic E-state index is 12.3. The molecule has 0 aromatic heterocycles. The van der Waals surface area contributed by atoms with Crippen LogP contribution in [0.5, 0.6) is 0 Å². The summed E-state index contributed by atoms with van der Waals surface area (Å²) in [5.74, 6) is -1.13. The van der Waals surface area contributed by atoms with Crippen molar-refractivity contribution in [3.63, 3.8) is 0 Å². The average molecular weight is 313 g/mol. The molecular weight excluding hydrogens is 286 g/mol. The Morgan fingerprint density at radius 2 is 1.86 bits per heavy atom. The van der Waals surface area contributed by atoms with Crippen molar-refractivity contribution in [2.24, 2.45) is 23.7 Å². The molecule has 2 saturated carbocycles. The smallest absolute Gasteiger partial charge is 0.307 e. The summed E-state index contributed by atoms with van der Waals surface area (Å²) < 4.78 is 5.48. The molecule has 5 nitrogen and oxygen atoms in total. The van der Waals surface area contributed by atoms with Gasteiger partial charge in [0.2, 0.25) is 5.91 Å². The van der Waals surface area contributed by atoms with E-state index in [4.69, 9.17) is 4.43 Å². The average Bonchev–Trinajstić information content (AvgIpc) is 3.03. The molecule has 0 radical (unpaired) electrons. The topological polar surface area (TPSA) is 75.6 Å². The minimum Gasteiger partial charge on any atom is -0.481 e. The number of amides is 1. The van der Waals surface area contributed by atoms with E-state index < -0.39 is 20.2 Å². The minimum atomic E-state index is -1.57. The molecule has 6 heteroatoms. The van der Waals surface area contributed by atoms with Crippen LogP contribution in [0.1, 0.15) is 25.7 Å². The summed E-state index contributed by atoms with van der Waals surface area (Å²) in [5, 5.41) is 12.3. The fourth-order valence-electron chi connectivity index (χ4n) is 3.97. The lowest BCUT2D eigenvalue weighted by Crippen LogP contribution is -2.42. The quantitative estimate of drug-likeness (QED) is 0.557. The predicted octanol–water partition coefficient (Wildman–Crippen LogP) is 2.09. The standard InChI is InChI=1S/C15H27NO4Si/c1-20-21(2,3)8-4-7-16-14(17)12-10-5-6-11(9-10)13(12)15(18)19/h10-13H,4-9H2,1-3H3,(H,16,17)(H,18,19). The van der Waals surface area contributed by atoms with Crippen molar-refractivity contribution in [3.8, 4) is 0 Å². The van der Waals surface area contributed by atoms with Gasteiger partial charge in [-0.25, -0.2) is 0 Å². The third-order valence-electron chi connectivity index (χ3n) is 5.31. The molecule has 2 fully saturated rings. The highest BCUT2D eigenvalue weighted by Gasteiger charge is 2.53. The van der Waals surface area contributed by atoms with Crippen LogP contribution in [0, 0.1) is 23.7 Å². The van der Waals surface area contributed by atoms with Crippen molar-refractivity contribution in [1.82, 2.24) is 5.32 Å². The second-order valence-electron chi connectivity index (χ2n) is 7.08. The summed E-state index contributed by atoms with van der Waals surface area (Å²) in [6.45, 7) is 4.94. The van der Waals surface area contributed by atoms with Crippen LogP contribution in [0.15, 0.2) is 0 Å². The van der Waals surface area contributed by atoms with Gasteiger partial charge in [-0.2, -0.15) is 0 Å². The monoisotopic (exact) mass is 313 g/mol. The Kier molecular flexibility index (Phi) is 5.09. The van der Waals surface area contributed by atoms with E-state index in [0.717, 1.165) is 31.7 Å². The molecule has 0 spiro atoms. The van der Waals surface area contributed by atoms with Crippen LogP contribution in [0.3, 0.4) is 0 Å². The third kappa shape index (κ3) is 3.66. The number of hydrogen-bond acceptors (Lipinski definition) is 3. The van der Waals surface area contributed by atoms with Crippen LogP contribution in [0.4, 0.5) is 0 Å². The molecule has 0 aromatic carbocycles. The van der Waals surface area contributed by atoms with Crippen LogP contribution < -0.4 is 5.32 Å². The minimum absolute atomic E-state index is 0.0495. The molecule has 0 aromatic rings. The zero-order valence-electron chi connectivity index (χ0n) is 13.2. The van der Waals surface area contributed by atoms with E-state index in [-0.39, 0.29) is 23.7 Å². The van der Waals surface area contributed by atoms with Crippen molar-refractivity contribution in [1.29, 1.82) is 0 Å². The lowest BCUT2D eigenvalue weighted by Gasteiger charge is -2.27. The fraction of sp³-hybridized carbons (Fsp3) is 0.867. The number of carboxylic acid groups (broad SMARTS) is 1. The van der Waals surface area contributed by atoms with Gasteiger partial charge in [-0.1, -0.05) is 0 Å². The molecule has 2 bridgehead atoms. The summed E-state index contributed by atoms with van der Waals surface area (Å²) >= 11 is 0. The summed E-state index contributed by atoms with van der Waals surface area (Å²) in [4.78, 5) is 23.8. The van der Waals surface area contributed by atoms with Gasteiger partial charge in [0.25, 0.3) is 0 Å². The number of aliphatic carboxylic acids is 1. The summed E-state index contributed by atoms with van der Waals surface area (Å²) in [6.07, 6.45) is 3.80. The van der Waals surface area contributed by atoms with Gasteiger partial charge in [0, 0.05) is 13.7 Å². The summed E-state index contributed by atoms with van der Waals surface area (Å²) in [6, 6.07) is 1.00. The largest absolute Gasteiger partial charge is 0.481 e. The lowest BCUT2D eigenvalue weighted by molar-refractivity contribution is -0.149. The Bertz CT molecular complexity index is 412. The molecule has 2 aliphatic carbocycles. The highest BCUT2D eigenvalue weighted by Crippen LogP contribution is 2.52. The van der Waals surface area contributed by atoms with Crippen LogP contribution >= 0.6 is 0 Å². The first-order valence-electron chi connectivity index (χ1n) is 7.91. The van der Waals surface area contributed by atoms with Gasteiger partial charge in [-0.15, -0.1) is 0 Å². The van der Waals surface area contributed by atoms with Crippen LogP contribution in [-0.4, -0.2) is 39.0 Å². The first-order valence-corrected chi connectivity index (χ1v) is 11.0. The van der Waals surface area contributed by atoms with Gasteiger partial charge in [0.1, 0.15) is 0 Å². The maximum Gasteiger partial charge on any atom is 0.307 e. The van der Waals surface area contributed by atoms with Crippen molar-refractivity contribution in [2.75, 3.05) is 13.7 Å². The number of hydrogen-bond donors (Lipinski definition) is 2.